The van der Waals surface area contributed by atoms with E-state index in [1.165, 1.54) is 36.4 Å². The number of carboxylic acid groups (broad SMARTS) is 2. The minimum atomic E-state index is -1.66. The zero-order valence-corrected chi connectivity index (χ0v) is 17.3. The maximum Gasteiger partial charge on any atom is 0.371 e. The fourth-order valence-corrected chi connectivity index (χ4v) is 3.34. The summed E-state index contributed by atoms with van der Waals surface area (Å²) in [5.41, 5.74) is -0.520. The molecule has 2 heterocycles. The second-order valence-corrected chi connectivity index (χ2v) is 7.18. The highest BCUT2D eigenvalue weighted by Gasteiger charge is 2.27. The lowest BCUT2D eigenvalue weighted by molar-refractivity contribution is -0.135. The monoisotopic (exact) mass is 472 g/mol. The predicted octanol–water partition coefficient (Wildman–Crippen LogP) is 2.68. The summed E-state index contributed by atoms with van der Waals surface area (Å²) in [5, 5.41) is 28.3. The highest BCUT2D eigenvalue weighted by molar-refractivity contribution is 5.89. The van der Waals surface area contributed by atoms with Crippen molar-refractivity contribution in [2.24, 2.45) is 0 Å². The van der Waals surface area contributed by atoms with E-state index in [4.69, 9.17) is 28.8 Å². The van der Waals surface area contributed by atoms with Crippen molar-refractivity contribution in [3.63, 3.8) is 0 Å². The fourth-order valence-electron chi connectivity index (χ4n) is 3.34. The molecule has 2 unspecified atom stereocenters. The average Bonchev–Trinajstić information content (AvgIpc) is 2.80. The summed E-state index contributed by atoms with van der Waals surface area (Å²) in [6.07, 6.45) is -2.00. The number of rotatable bonds is 8. The molecule has 3 N–H and O–H groups in total. The van der Waals surface area contributed by atoms with Crippen molar-refractivity contribution in [3.8, 4) is 17.2 Å². The number of ether oxygens (including phenoxy) is 3. The average molecular weight is 472 g/mol. The number of aromatic carboxylic acids is 1. The van der Waals surface area contributed by atoms with Gasteiger partial charge in [0.05, 0.1) is 5.56 Å². The zero-order valence-electron chi connectivity index (χ0n) is 17.3. The Kier molecular flexibility index (Phi) is 6.19. The minimum absolute atomic E-state index is 0.0121. The quantitative estimate of drug-likeness (QED) is 0.446. The molecule has 176 valence electrons. The summed E-state index contributed by atoms with van der Waals surface area (Å²) in [4.78, 5) is 34.5. The standard InChI is InChI=1S/C23H17FO10/c24-11(9-31-14-3-1-5-16-20(14)12(25)7-18(33-16)22(27)28)10-32-15-4-2-6-17-21(15)13(26)8-19(34-17)23(29)30/h1-8,11-12,25H,9-10H2,(H,27,28)(H,29,30). The maximum atomic E-state index is 14.5. The van der Waals surface area contributed by atoms with Gasteiger partial charge in [-0.2, -0.15) is 0 Å². The van der Waals surface area contributed by atoms with Gasteiger partial charge in [0, 0.05) is 6.07 Å². The Morgan fingerprint density at radius 3 is 2.41 bits per heavy atom. The van der Waals surface area contributed by atoms with E-state index in [0.717, 1.165) is 12.1 Å². The molecule has 0 saturated carbocycles. The molecule has 11 heteroatoms. The van der Waals surface area contributed by atoms with E-state index in [2.05, 4.69) is 0 Å². The Labute approximate surface area is 190 Å². The number of benzene rings is 2. The van der Waals surface area contributed by atoms with Gasteiger partial charge in [0.1, 0.15) is 47.5 Å². The van der Waals surface area contributed by atoms with Crippen LogP contribution in [0.5, 0.6) is 17.2 Å². The van der Waals surface area contributed by atoms with Crippen LogP contribution in [0.15, 0.2) is 63.5 Å². The van der Waals surface area contributed by atoms with Gasteiger partial charge in [-0.05, 0) is 30.3 Å². The van der Waals surface area contributed by atoms with Crippen LogP contribution < -0.4 is 19.6 Å². The number of alkyl halides is 1. The van der Waals surface area contributed by atoms with Crippen LogP contribution >= 0.6 is 0 Å². The Morgan fingerprint density at radius 2 is 1.71 bits per heavy atom. The van der Waals surface area contributed by atoms with Crippen LogP contribution in [-0.2, 0) is 4.79 Å². The fraction of sp³-hybridized carbons (Fsp3) is 0.174. The molecule has 0 saturated heterocycles. The molecule has 2 aromatic carbocycles. The first-order valence-corrected chi connectivity index (χ1v) is 9.88. The zero-order chi connectivity index (χ0) is 24.4. The van der Waals surface area contributed by atoms with Gasteiger partial charge in [-0.1, -0.05) is 12.1 Å². The maximum absolute atomic E-state index is 14.5. The molecule has 0 radical (unpaired) electrons. The molecule has 4 rings (SSSR count). The molecule has 0 aliphatic carbocycles. The van der Waals surface area contributed by atoms with Gasteiger partial charge in [0.2, 0.25) is 11.5 Å². The lowest BCUT2D eigenvalue weighted by Crippen LogP contribution is -2.22. The molecule has 2 atom stereocenters. The van der Waals surface area contributed by atoms with E-state index >= 15 is 0 Å². The Morgan fingerprint density at radius 1 is 1.03 bits per heavy atom. The number of halogens is 1. The van der Waals surface area contributed by atoms with E-state index in [-0.39, 0.29) is 33.8 Å². The molecule has 0 bridgehead atoms. The lowest BCUT2D eigenvalue weighted by Gasteiger charge is -2.23. The topological polar surface area (TPSA) is 153 Å². The normalized spacial score (nSPS) is 15.6. The van der Waals surface area contributed by atoms with Crippen LogP contribution in [0.1, 0.15) is 22.2 Å². The summed E-state index contributed by atoms with van der Waals surface area (Å²) >= 11 is 0. The molecule has 10 nitrogen and oxygen atoms in total. The first kappa shape index (κ1) is 22.8. The van der Waals surface area contributed by atoms with Gasteiger partial charge in [0.15, 0.2) is 11.6 Å². The van der Waals surface area contributed by atoms with Crippen molar-refractivity contribution in [2.75, 3.05) is 13.2 Å². The van der Waals surface area contributed by atoms with Crippen LogP contribution in [0.25, 0.3) is 11.0 Å². The Balaban J connectivity index is 1.44. The molecule has 1 aliphatic heterocycles. The molecular formula is C23H17FO10. The minimum Gasteiger partial charge on any atom is -0.490 e. The molecule has 0 amide bonds. The largest absolute Gasteiger partial charge is 0.490 e. The van der Waals surface area contributed by atoms with Gasteiger partial charge < -0.3 is 33.9 Å². The van der Waals surface area contributed by atoms with Crippen molar-refractivity contribution < 1.29 is 47.9 Å². The number of carbonyl (C=O) groups is 2. The number of hydrogen-bond acceptors (Lipinski definition) is 8. The molecule has 0 fully saturated rings. The van der Waals surface area contributed by atoms with Crippen LogP contribution in [0.4, 0.5) is 4.39 Å². The summed E-state index contributed by atoms with van der Waals surface area (Å²) < 4.78 is 35.8. The number of aliphatic carboxylic acids is 1. The molecule has 3 aromatic rings. The third-order valence-corrected chi connectivity index (χ3v) is 4.83. The third-order valence-electron chi connectivity index (χ3n) is 4.83. The van der Waals surface area contributed by atoms with Crippen LogP contribution in [-0.4, -0.2) is 46.6 Å². The van der Waals surface area contributed by atoms with Crippen LogP contribution in [0, 0.1) is 0 Å². The Bertz CT molecular complexity index is 1360. The van der Waals surface area contributed by atoms with Gasteiger partial charge in [-0.25, -0.2) is 14.0 Å². The van der Waals surface area contributed by atoms with Crippen molar-refractivity contribution in [1.82, 2.24) is 0 Å². The van der Waals surface area contributed by atoms with Gasteiger partial charge >= 0.3 is 11.9 Å². The first-order chi connectivity index (χ1) is 16.2. The van der Waals surface area contributed by atoms with E-state index in [1.54, 1.807) is 0 Å². The molecule has 34 heavy (non-hydrogen) atoms. The molecule has 1 aliphatic rings. The third kappa shape index (κ3) is 4.55. The van der Waals surface area contributed by atoms with Crippen LogP contribution in [0.2, 0.25) is 0 Å². The molecular weight excluding hydrogens is 455 g/mol. The van der Waals surface area contributed by atoms with E-state index in [9.17, 15) is 23.9 Å². The smallest absolute Gasteiger partial charge is 0.371 e. The number of hydrogen-bond donors (Lipinski definition) is 3. The molecule has 0 spiro atoms. The SMILES string of the molecule is O=C(O)C1=CC(O)c2c(OCC(F)COc3cccc4oc(C(=O)O)cc(=O)c34)cccc2O1. The van der Waals surface area contributed by atoms with Gasteiger partial charge in [-0.15, -0.1) is 0 Å². The summed E-state index contributed by atoms with van der Waals surface area (Å²) in [6, 6.07) is 9.49. The highest BCUT2D eigenvalue weighted by Crippen LogP contribution is 2.39. The van der Waals surface area contributed by atoms with Crippen molar-refractivity contribution >= 4 is 22.9 Å². The summed E-state index contributed by atoms with van der Waals surface area (Å²) in [5.74, 6) is -3.55. The van der Waals surface area contributed by atoms with Crippen molar-refractivity contribution in [2.45, 2.75) is 12.3 Å². The number of carboxylic acids is 2. The van der Waals surface area contributed by atoms with Gasteiger partial charge in [0.25, 0.3) is 0 Å². The Hall–Kier alpha value is -4.38. The van der Waals surface area contributed by atoms with E-state index in [0.29, 0.717) is 0 Å². The van der Waals surface area contributed by atoms with Crippen molar-refractivity contribution in [3.05, 3.63) is 75.8 Å². The summed E-state index contributed by atoms with van der Waals surface area (Å²) in [7, 11) is 0. The number of aliphatic hydroxyl groups excluding tert-OH is 1. The highest BCUT2D eigenvalue weighted by atomic mass is 19.1. The first-order valence-electron chi connectivity index (χ1n) is 9.88. The second-order valence-electron chi connectivity index (χ2n) is 7.18. The van der Waals surface area contributed by atoms with E-state index < -0.39 is 54.4 Å². The van der Waals surface area contributed by atoms with Crippen LogP contribution in [0.3, 0.4) is 0 Å². The second kappa shape index (κ2) is 9.24. The number of aliphatic hydroxyl groups is 1. The lowest BCUT2D eigenvalue weighted by atomic mass is 10.0. The van der Waals surface area contributed by atoms with E-state index in [1.807, 2.05) is 0 Å². The van der Waals surface area contributed by atoms with Gasteiger partial charge in [-0.3, -0.25) is 4.79 Å². The predicted molar refractivity (Wildman–Crippen MR) is 113 cm³/mol. The summed E-state index contributed by atoms with van der Waals surface area (Å²) in [6.45, 7) is -0.989. The van der Waals surface area contributed by atoms with Crippen molar-refractivity contribution in [1.29, 1.82) is 0 Å². The molecule has 1 aromatic heterocycles. The number of fused-ring (bicyclic) bond motifs is 2.